The lowest BCUT2D eigenvalue weighted by molar-refractivity contribution is -0.384. The lowest BCUT2D eigenvalue weighted by atomic mass is 10.0. The van der Waals surface area contributed by atoms with Crippen LogP contribution in [0.1, 0.15) is 20.8 Å². The lowest BCUT2D eigenvalue weighted by Crippen LogP contribution is -2.53. The van der Waals surface area contributed by atoms with Crippen LogP contribution in [0.4, 0.5) is 17.1 Å². The molecule has 4 rings (SSSR count). The number of hydrogen-bond donors (Lipinski definition) is 1. The molecule has 3 aliphatic rings. The third-order valence-electron chi connectivity index (χ3n) is 4.35. The van der Waals surface area contributed by atoms with Gasteiger partial charge in [0.15, 0.2) is 5.75 Å². The minimum absolute atomic E-state index is 0.119. The van der Waals surface area contributed by atoms with E-state index in [-0.39, 0.29) is 17.3 Å². The van der Waals surface area contributed by atoms with E-state index >= 15 is 0 Å². The largest absolute Gasteiger partial charge is 0.484 e. The van der Waals surface area contributed by atoms with Crippen molar-refractivity contribution < 1.29 is 19.3 Å². The number of ether oxygens (including phenoxy) is 1. The minimum Gasteiger partial charge on any atom is -0.484 e. The molecule has 1 fully saturated rings. The van der Waals surface area contributed by atoms with Crippen molar-refractivity contribution in [2.75, 3.05) is 16.8 Å². The summed E-state index contributed by atoms with van der Waals surface area (Å²) in [4.78, 5) is 30.1. The fourth-order valence-electron chi connectivity index (χ4n) is 3.31. The highest BCUT2D eigenvalue weighted by Gasteiger charge is 2.60. The van der Waals surface area contributed by atoms with Crippen molar-refractivity contribution in [2.45, 2.75) is 32.2 Å². The third-order valence-corrected chi connectivity index (χ3v) is 4.35. The smallest absolute Gasteiger partial charge is 0.296 e. The summed E-state index contributed by atoms with van der Waals surface area (Å²) in [6, 6.07) is 2.91. The Morgan fingerprint density at radius 2 is 2.12 bits per heavy atom. The molecule has 1 aromatic carbocycles. The standard InChI is InChI=1S/C17H18N4O5/c1-11(22)18-12-8-14-15(9-13(12)21(23)24)25-16(2,3)10-19(14)17-6-4-5-7-20(17)26-17/h4-9H,10H2,1-3H3,(H,18,22). The lowest BCUT2D eigenvalue weighted by Gasteiger charge is -2.42. The summed E-state index contributed by atoms with van der Waals surface area (Å²) in [6.45, 7) is 5.61. The fraction of sp³-hybridized carbons (Fsp3) is 0.353. The molecule has 3 aliphatic heterocycles. The van der Waals surface area contributed by atoms with Crippen LogP contribution in [-0.2, 0) is 9.63 Å². The number of rotatable bonds is 3. The molecule has 0 aromatic heterocycles. The van der Waals surface area contributed by atoms with Gasteiger partial charge in [0, 0.05) is 13.1 Å². The molecule has 3 heterocycles. The predicted molar refractivity (Wildman–Crippen MR) is 93.4 cm³/mol. The van der Waals surface area contributed by atoms with Gasteiger partial charge in [-0.1, -0.05) is 6.08 Å². The monoisotopic (exact) mass is 358 g/mol. The van der Waals surface area contributed by atoms with Crippen LogP contribution in [0.5, 0.6) is 5.75 Å². The van der Waals surface area contributed by atoms with Gasteiger partial charge in [-0.05, 0) is 32.1 Å². The average Bonchev–Trinajstić information content (AvgIpc) is 3.28. The zero-order valence-electron chi connectivity index (χ0n) is 14.6. The van der Waals surface area contributed by atoms with Crippen molar-refractivity contribution in [3.8, 4) is 5.75 Å². The molecule has 0 bridgehead atoms. The highest BCUT2D eigenvalue weighted by molar-refractivity contribution is 5.93. The molecule has 1 atom stereocenters. The molecule has 26 heavy (non-hydrogen) atoms. The highest BCUT2D eigenvalue weighted by atomic mass is 16.9. The molecule has 136 valence electrons. The molecule has 9 nitrogen and oxygen atoms in total. The van der Waals surface area contributed by atoms with Gasteiger partial charge in [-0.15, -0.1) is 0 Å². The number of benzene rings is 1. The Labute approximate surface area is 149 Å². The Kier molecular flexibility index (Phi) is 3.29. The molecule has 0 aliphatic carbocycles. The van der Waals surface area contributed by atoms with Crippen molar-refractivity contribution in [2.24, 2.45) is 0 Å². The molecule has 1 amide bonds. The first-order valence-corrected chi connectivity index (χ1v) is 8.13. The van der Waals surface area contributed by atoms with Crippen LogP contribution < -0.4 is 15.0 Å². The molecule has 1 aromatic rings. The Morgan fingerprint density at radius 1 is 1.35 bits per heavy atom. The van der Waals surface area contributed by atoms with E-state index in [9.17, 15) is 14.9 Å². The number of anilines is 2. The summed E-state index contributed by atoms with van der Waals surface area (Å²) in [5, 5.41) is 15.7. The number of nitrogens with zero attached hydrogens (tertiary/aromatic N) is 3. The zero-order chi connectivity index (χ0) is 18.7. The molecule has 0 spiro atoms. The summed E-state index contributed by atoms with van der Waals surface area (Å²) < 4.78 is 5.98. The quantitative estimate of drug-likeness (QED) is 0.503. The number of nitro groups is 1. The van der Waals surface area contributed by atoms with Crippen LogP contribution in [-0.4, -0.2) is 33.9 Å². The van der Waals surface area contributed by atoms with E-state index < -0.39 is 16.4 Å². The Bertz CT molecular complexity index is 878. The van der Waals surface area contributed by atoms with E-state index in [0.717, 1.165) is 0 Å². The molecule has 1 N–H and O–H groups in total. The van der Waals surface area contributed by atoms with Gasteiger partial charge in [0.05, 0.1) is 23.2 Å². The van der Waals surface area contributed by atoms with E-state index in [1.54, 1.807) is 11.1 Å². The molecule has 1 unspecified atom stereocenters. The summed E-state index contributed by atoms with van der Waals surface area (Å²) >= 11 is 0. The van der Waals surface area contributed by atoms with E-state index in [4.69, 9.17) is 9.57 Å². The highest BCUT2D eigenvalue weighted by Crippen LogP contribution is 2.51. The van der Waals surface area contributed by atoms with Crippen LogP contribution in [0.15, 0.2) is 36.6 Å². The van der Waals surface area contributed by atoms with Crippen LogP contribution in [0, 0.1) is 10.1 Å². The van der Waals surface area contributed by atoms with E-state index in [1.807, 2.05) is 43.2 Å². The second-order valence-corrected chi connectivity index (χ2v) is 7.00. The maximum Gasteiger partial charge on any atom is 0.296 e. The van der Waals surface area contributed by atoms with Crippen LogP contribution in [0.25, 0.3) is 0 Å². The van der Waals surface area contributed by atoms with E-state index in [1.165, 1.54) is 13.0 Å². The maximum absolute atomic E-state index is 11.5. The number of hydroxylamine groups is 2. The fourth-order valence-corrected chi connectivity index (χ4v) is 3.31. The third kappa shape index (κ3) is 2.48. The second-order valence-electron chi connectivity index (χ2n) is 7.00. The Morgan fingerprint density at radius 3 is 2.77 bits per heavy atom. The molecule has 0 radical (unpaired) electrons. The Balaban J connectivity index is 1.85. The van der Waals surface area contributed by atoms with E-state index in [0.29, 0.717) is 18.0 Å². The number of amides is 1. The van der Waals surface area contributed by atoms with Crippen LogP contribution in [0.2, 0.25) is 0 Å². The molecular formula is C17H18N4O5. The summed E-state index contributed by atoms with van der Waals surface area (Å²) in [5.41, 5.74) is -0.0750. The number of allylic oxidation sites excluding steroid dienone is 2. The first kappa shape index (κ1) is 16.4. The normalized spacial score (nSPS) is 24.4. The predicted octanol–water partition coefficient (Wildman–Crippen LogP) is 2.52. The maximum atomic E-state index is 11.5. The van der Waals surface area contributed by atoms with Gasteiger partial charge >= 0.3 is 0 Å². The van der Waals surface area contributed by atoms with Gasteiger partial charge in [-0.3, -0.25) is 14.9 Å². The van der Waals surface area contributed by atoms with Gasteiger partial charge in [0.1, 0.15) is 11.3 Å². The number of hydrogen-bond acceptors (Lipinski definition) is 7. The minimum atomic E-state index is -0.784. The van der Waals surface area contributed by atoms with Crippen LogP contribution in [0.3, 0.4) is 0 Å². The van der Waals surface area contributed by atoms with Crippen molar-refractivity contribution in [3.63, 3.8) is 0 Å². The number of carbonyl (C=O) groups excluding carboxylic acids is 1. The molecule has 9 heteroatoms. The number of fused-ring (bicyclic) bond motifs is 2. The number of carbonyl (C=O) groups is 1. The Hall–Kier alpha value is -3.07. The van der Waals surface area contributed by atoms with Gasteiger partial charge in [0.25, 0.3) is 11.5 Å². The van der Waals surface area contributed by atoms with Gasteiger partial charge < -0.3 is 15.0 Å². The van der Waals surface area contributed by atoms with Gasteiger partial charge in [0.2, 0.25) is 5.91 Å². The second kappa shape index (κ2) is 5.21. The summed E-state index contributed by atoms with van der Waals surface area (Å²) in [7, 11) is 0. The first-order valence-electron chi connectivity index (χ1n) is 8.13. The van der Waals surface area contributed by atoms with Gasteiger partial charge in [-0.2, -0.15) is 5.06 Å². The first-order chi connectivity index (χ1) is 12.2. The van der Waals surface area contributed by atoms with Gasteiger partial charge in [-0.25, -0.2) is 4.84 Å². The zero-order valence-corrected chi connectivity index (χ0v) is 14.6. The van der Waals surface area contributed by atoms with E-state index in [2.05, 4.69) is 5.32 Å². The summed E-state index contributed by atoms with van der Waals surface area (Å²) in [5.74, 6) is -0.803. The summed E-state index contributed by atoms with van der Waals surface area (Å²) in [6.07, 6.45) is 7.45. The van der Waals surface area contributed by atoms with Crippen molar-refractivity contribution >= 4 is 23.0 Å². The molecule has 1 saturated heterocycles. The molecular weight excluding hydrogens is 340 g/mol. The van der Waals surface area contributed by atoms with Crippen LogP contribution >= 0.6 is 0 Å². The average molecular weight is 358 g/mol. The number of nitrogens with one attached hydrogen (secondary N) is 1. The SMILES string of the molecule is CC(=O)Nc1cc2c(cc1[N+](=O)[O-])OC(C)(C)CN2C12C=CC=CN1O2. The number of nitro benzene ring substituents is 1. The van der Waals surface area contributed by atoms with Crippen molar-refractivity contribution in [1.82, 2.24) is 5.06 Å². The van der Waals surface area contributed by atoms with Crippen molar-refractivity contribution in [3.05, 3.63) is 46.7 Å². The topological polar surface area (TPSA) is 100 Å². The van der Waals surface area contributed by atoms with Crippen molar-refractivity contribution in [1.29, 1.82) is 0 Å². The molecule has 0 saturated carbocycles.